The number of aliphatic hydroxyl groups excluding tert-OH is 8. The van der Waals surface area contributed by atoms with E-state index < -0.39 is 86.8 Å². The number of hydrogen-bond acceptors (Lipinski definition) is 13. The summed E-state index contributed by atoms with van der Waals surface area (Å²) in [6.07, 6.45) is 68.1. The molecule has 0 bridgehead atoms. The largest absolute Gasteiger partial charge is 0.394 e. The van der Waals surface area contributed by atoms with Crippen LogP contribution in [0.4, 0.5) is 0 Å². The topological polar surface area (TPSA) is 228 Å². The summed E-state index contributed by atoms with van der Waals surface area (Å²) in [4.78, 5) is 13.3. The molecule has 2 aliphatic heterocycles. The Kier molecular flexibility index (Phi) is 53.3. The molecule has 0 spiro atoms. The van der Waals surface area contributed by atoms with E-state index in [9.17, 15) is 45.6 Å². The number of hydrogen-bond donors (Lipinski definition) is 9. The molecule has 1 amide bonds. The molecule has 0 saturated carbocycles. The van der Waals surface area contributed by atoms with Gasteiger partial charge in [-0.15, -0.1) is 0 Å². The Balaban J connectivity index is 1.68. The number of aliphatic hydroxyl groups is 8. The van der Waals surface area contributed by atoms with Crippen molar-refractivity contribution in [1.29, 1.82) is 0 Å². The second-order valence-electron chi connectivity index (χ2n) is 24.3. The molecule has 2 rings (SSSR count). The SMILES string of the molecule is CC/C=C\C/C=C\C/C=C\C/C=C\C/C=C\C/C=C\C/C=C\C/C=C\C/C=C\CCCCCCCCCC(=O)NC(COC1OC(CO)C(OC2OC(CO)C(O)C(O)C2O)C(O)C1O)C(O)/C=C/CCCCCCCCCCCCCCCCCCCC. The van der Waals surface area contributed by atoms with Gasteiger partial charge in [0.1, 0.15) is 48.8 Å². The summed E-state index contributed by atoms with van der Waals surface area (Å²) >= 11 is 0. The van der Waals surface area contributed by atoms with Crippen molar-refractivity contribution in [3.63, 3.8) is 0 Å². The van der Waals surface area contributed by atoms with Gasteiger partial charge in [-0.3, -0.25) is 4.79 Å². The minimum absolute atomic E-state index is 0.254. The van der Waals surface area contributed by atoms with Gasteiger partial charge in [0.2, 0.25) is 5.91 Å². The maximum absolute atomic E-state index is 13.3. The second-order valence-corrected chi connectivity index (χ2v) is 24.3. The molecule has 0 aromatic carbocycles. The van der Waals surface area contributed by atoms with Crippen molar-refractivity contribution in [2.24, 2.45) is 0 Å². The summed E-state index contributed by atoms with van der Waals surface area (Å²) < 4.78 is 22.8. The molecule has 89 heavy (non-hydrogen) atoms. The van der Waals surface area contributed by atoms with Gasteiger partial charge in [0.05, 0.1) is 32.0 Å². The molecule has 2 fully saturated rings. The van der Waals surface area contributed by atoms with Gasteiger partial charge < -0.3 is 65.1 Å². The molecule has 0 aromatic rings. The molecule has 12 unspecified atom stereocenters. The van der Waals surface area contributed by atoms with Crippen molar-refractivity contribution in [2.75, 3.05) is 19.8 Å². The number of rotatable bonds is 56. The molecule has 510 valence electrons. The van der Waals surface area contributed by atoms with Crippen LogP contribution in [0.1, 0.15) is 251 Å². The van der Waals surface area contributed by atoms with Gasteiger partial charge in [-0.05, 0) is 89.9 Å². The minimum Gasteiger partial charge on any atom is -0.394 e. The van der Waals surface area contributed by atoms with Gasteiger partial charge in [-0.25, -0.2) is 0 Å². The fourth-order valence-electron chi connectivity index (χ4n) is 10.8. The average Bonchev–Trinajstić information content (AvgIpc) is 3.62. The fourth-order valence-corrected chi connectivity index (χ4v) is 10.8. The number of nitrogens with one attached hydrogen (secondary N) is 1. The van der Waals surface area contributed by atoms with E-state index in [1.54, 1.807) is 6.08 Å². The van der Waals surface area contributed by atoms with Crippen LogP contribution in [0.5, 0.6) is 0 Å². The average molecular weight is 1250 g/mol. The van der Waals surface area contributed by atoms with Crippen LogP contribution in [0.3, 0.4) is 0 Å². The predicted octanol–water partition coefficient (Wildman–Crippen LogP) is 14.5. The zero-order chi connectivity index (χ0) is 64.5. The Morgan fingerprint density at radius 2 is 0.775 bits per heavy atom. The van der Waals surface area contributed by atoms with Crippen LogP contribution < -0.4 is 5.32 Å². The van der Waals surface area contributed by atoms with E-state index in [1.165, 1.54) is 103 Å². The Bertz CT molecular complexity index is 1960. The van der Waals surface area contributed by atoms with E-state index in [0.717, 1.165) is 122 Å². The van der Waals surface area contributed by atoms with E-state index in [4.69, 9.17) is 18.9 Å². The van der Waals surface area contributed by atoms with E-state index in [1.807, 2.05) is 6.08 Å². The third kappa shape index (κ3) is 42.3. The van der Waals surface area contributed by atoms with Crippen molar-refractivity contribution < 1.29 is 64.6 Å². The zero-order valence-corrected chi connectivity index (χ0v) is 55.4. The molecule has 2 heterocycles. The minimum atomic E-state index is -1.80. The predicted molar refractivity (Wildman–Crippen MR) is 364 cm³/mol. The van der Waals surface area contributed by atoms with E-state index >= 15 is 0 Å². The summed E-state index contributed by atoms with van der Waals surface area (Å²) in [5.74, 6) is -0.254. The standard InChI is InChI=1S/C75H127NO13/c1-3-5-7-9-11-13-15-17-19-21-23-25-26-27-28-29-30-31-32-33-34-35-36-37-38-39-41-43-45-47-49-51-53-55-57-59-67(80)76-63(64(79)58-56-54-52-50-48-46-44-42-40-24-22-20-18-16-14-12-10-8-6-4-2)62-86-74-72(85)70(83)73(66(61-78)88-74)89-75-71(84)69(82)68(81)65(60-77)87-75/h5,7,11,13,17,19,23,25,27-28,30-31,33-34,36-37,39,41,56,58,63-66,68-75,77-79,81-85H,3-4,6,8-10,12,14-16,18,20-22,24,26,29,32,35,38,40,42-55,57,59-62H2,1-2H3,(H,76,80)/b7-5-,13-11-,19-17-,25-23-,28-27-,31-30-,34-33-,37-36-,41-39-,58-56+. The van der Waals surface area contributed by atoms with Crippen molar-refractivity contribution in [3.8, 4) is 0 Å². The molecular formula is C75H127NO13. The van der Waals surface area contributed by atoms with Crippen LogP contribution >= 0.6 is 0 Å². The lowest BCUT2D eigenvalue weighted by Gasteiger charge is -2.46. The third-order valence-electron chi connectivity index (χ3n) is 16.4. The maximum Gasteiger partial charge on any atom is 0.220 e. The molecule has 2 saturated heterocycles. The highest BCUT2D eigenvalue weighted by Crippen LogP contribution is 2.30. The van der Waals surface area contributed by atoms with Crippen molar-refractivity contribution in [3.05, 3.63) is 122 Å². The summed E-state index contributed by atoms with van der Waals surface area (Å²) in [6.45, 7) is 2.69. The molecular weight excluding hydrogens is 1120 g/mol. The number of amides is 1. The smallest absolute Gasteiger partial charge is 0.220 e. The normalized spacial score (nSPS) is 23.8. The zero-order valence-electron chi connectivity index (χ0n) is 55.4. The molecule has 14 heteroatoms. The number of allylic oxidation sites excluding steroid dienone is 19. The van der Waals surface area contributed by atoms with Crippen LogP contribution in [0.15, 0.2) is 122 Å². The number of unbranched alkanes of at least 4 members (excludes halogenated alkanes) is 25. The van der Waals surface area contributed by atoms with Crippen LogP contribution in [0.2, 0.25) is 0 Å². The molecule has 14 nitrogen and oxygen atoms in total. The summed E-state index contributed by atoms with van der Waals surface area (Å²) in [5, 5.41) is 87.4. The lowest BCUT2D eigenvalue weighted by atomic mass is 9.97. The van der Waals surface area contributed by atoms with Crippen LogP contribution in [-0.2, 0) is 23.7 Å². The molecule has 0 aliphatic carbocycles. The molecule has 0 radical (unpaired) electrons. The van der Waals surface area contributed by atoms with Gasteiger partial charge in [-0.2, -0.15) is 0 Å². The van der Waals surface area contributed by atoms with Gasteiger partial charge in [-0.1, -0.05) is 277 Å². The van der Waals surface area contributed by atoms with E-state index in [-0.39, 0.29) is 18.9 Å². The van der Waals surface area contributed by atoms with Crippen LogP contribution in [-0.4, -0.2) is 140 Å². The van der Waals surface area contributed by atoms with E-state index in [2.05, 4.69) is 129 Å². The van der Waals surface area contributed by atoms with Crippen molar-refractivity contribution in [1.82, 2.24) is 5.32 Å². The van der Waals surface area contributed by atoms with Gasteiger partial charge >= 0.3 is 0 Å². The summed E-state index contributed by atoms with van der Waals surface area (Å²) in [7, 11) is 0. The molecule has 0 aromatic heterocycles. The monoisotopic (exact) mass is 1250 g/mol. The lowest BCUT2D eigenvalue weighted by molar-refractivity contribution is -0.359. The third-order valence-corrected chi connectivity index (χ3v) is 16.4. The van der Waals surface area contributed by atoms with E-state index in [0.29, 0.717) is 6.42 Å². The molecule has 9 N–H and O–H groups in total. The first-order valence-corrected chi connectivity index (χ1v) is 35.3. The lowest BCUT2D eigenvalue weighted by Crippen LogP contribution is -2.65. The van der Waals surface area contributed by atoms with Gasteiger partial charge in [0.25, 0.3) is 0 Å². The Morgan fingerprint density at radius 1 is 0.416 bits per heavy atom. The Morgan fingerprint density at radius 3 is 1.19 bits per heavy atom. The highest BCUT2D eigenvalue weighted by atomic mass is 16.7. The van der Waals surface area contributed by atoms with Gasteiger partial charge in [0, 0.05) is 6.42 Å². The summed E-state index contributed by atoms with van der Waals surface area (Å²) in [6, 6.07) is -0.931. The number of carbonyl (C=O) groups excluding carboxylic acids is 1. The maximum atomic E-state index is 13.3. The fraction of sp³-hybridized carbons (Fsp3) is 0.720. The van der Waals surface area contributed by atoms with Crippen molar-refractivity contribution in [2.45, 2.75) is 325 Å². The highest BCUT2D eigenvalue weighted by molar-refractivity contribution is 5.76. The second kappa shape index (κ2) is 58.2. The first kappa shape index (κ1) is 81.5. The molecule has 2 aliphatic rings. The molecule has 12 atom stereocenters. The number of carbonyl (C=O) groups is 1. The van der Waals surface area contributed by atoms with Gasteiger partial charge in [0.15, 0.2) is 12.6 Å². The highest BCUT2D eigenvalue weighted by Gasteiger charge is 2.51. The van der Waals surface area contributed by atoms with Crippen LogP contribution in [0, 0.1) is 0 Å². The number of ether oxygens (including phenoxy) is 4. The Hall–Kier alpha value is -3.61. The summed E-state index contributed by atoms with van der Waals surface area (Å²) in [5.41, 5.74) is 0. The first-order valence-electron chi connectivity index (χ1n) is 35.3. The van der Waals surface area contributed by atoms with Crippen LogP contribution in [0.25, 0.3) is 0 Å². The quantitative estimate of drug-likeness (QED) is 0.0204. The Labute approximate surface area is 539 Å². The van der Waals surface area contributed by atoms with Crippen molar-refractivity contribution >= 4 is 5.91 Å². The first-order chi connectivity index (χ1) is 43.6.